The van der Waals surface area contributed by atoms with Crippen molar-refractivity contribution in [3.05, 3.63) is 29.1 Å². The van der Waals surface area contributed by atoms with E-state index in [1.165, 1.54) is 12.4 Å². The Labute approximate surface area is 216 Å². The smallest absolute Gasteiger partial charge is 0.348 e. The summed E-state index contributed by atoms with van der Waals surface area (Å²) in [4.78, 5) is 37.0. The summed E-state index contributed by atoms with van der Waals surface area (Å²) in [5.74, 6) is -0.409. The molecule has 37 heavy (non-hydrogen) atoms. The molecule has 196 valence electrons. The van der Waals surface area contributed by atoms with E-state index in [-0.39, 0.29) is 17.0 Å². The van der Waals surface area contributed by atoms with Gasteiger partial charge in [0.1, 0.15) is 12.0 Å². The van der Waals surface area contributed by atoms with Gasteiger partial charge in [-0.05, 0) is 32.4 Å². The third kappa shape index (κ3) is 5.22. The molecule has 13 nitrogen and oxygen atoms in total. The van der Waals surface area contributed by atoms with Crippen LogP contribution >= 0.6 is 11.6 Å². The highest BCUT2D eigenvalue weighted by Gasteiger charge is 2.50. The molecule has 0 spiro atoms. The predicted molar refractivity (Wildman–Crippen MR) is 129 cm³/mol. The summed E-state index contributed by atoms with van der Waals surface area (Å²) in [7, 11) is 0. The minimum Gasteiger partial charge on any atom is -0.479 e. The van der Waals surface area contributed by atoms with Crippen LogP contribution in [0.15, 0.2) is 16.9 Å². The first-order valence-electron chi connectivity index (χ1n) is 11.3. The molecule has 0 aromatic carbocycles. The Morgan fingerprint density at radius 3 is 2.70 bits per heavy atom. The number of nitrogens with one attached hydrogen (secondary N) is 1. The molecule has 3 aromatic heterocycles. The van der Waals surface area contributed by atoms with Crippen LogP contribution in [0.3, 0.4) is 0 Å². The van der Waals surface area contributed by atoms with Crippen molar-refractivity contribution in [1.82, 2.24) is 24.7 Å². The van der Waals surface area contributed by atoms with Gasteiger partial charge in [-0.1, -0.05) is 5.16 Å². The van der Waals surface area contributed by atoms with Crippen molar-refractivity contribution >= 4 is 40.5 Å². The molecule has 4 heterocycles. The van der Waals surface area contributed by atoms with Crippen LogP contribution in [0.5, 0.6) is 0 Å². The minimum atomic E-state index is -2.62. The summed E-state index contributed by atoms with van der Waals surface area (Å²) in [6.07, 6.45) is 5.55. The molecule has 0 bridgehead atoms. The van der Waals surface area contributed by atoms with Crippen molar-refractivity contribution in [2.45, 2.75) is 57.6 Å². The molecule has 0 aliphatic carbocycles. The molecule has 3 unspecified atom stereocenters. The Hall–Kier alpha value is -3.73. The number of hydrogen-bond donors (Lipinski definition) is 3. The van der Waals surface area contributed by atoms with Crippen molar-refractivity contribution in [2.75, 3.05) is 11.9 Å². The van der Waals surface area contributed by atoms with Crippen LogP contribution in [0.25, 0.3) is 11.2 Å². The van der Waals surface area contributed by atoms with Crippen molar-refractivity contribution < 1.29 is 33.8 Å². The molecule has 0 radical (unpaired) electrons. The zero-order valence-corrected chi connectivity index (χ0v) is 21.0. The van der Waals surface area contributed by atoms with Gasteiger partial charge in [0.15, 0.2) is 17.0 Å². The molecule has 1 fully saturated rings. The molecule has 3 aromatic rings. The van der Waals surface area contributed by atoms with Gasteiger partial charge in [0, 0.05) is 24.9 Å². The fourth-order valence-corrected chi connectivity index (χ4v) is 4.27. The third-order valence-corrected chi connectivity index (χ3v) is 6.04. The van der Waals surface area contributed by atoms with E-state index in [9.17, 15) is 19.8 Å². The first-order valence-corrected chi connectivity index (χ1v) is 11.7. The molecule has 1 aliphatic heterocycles. The third-order valence-electron chi connectivity index (χ3n) is 5.87. The number of ether oxygens (including phenoxy) is 2. The second-order valence-electron chi connectivity index (χ2n) is 8.96. The number of halogens is 1. The van der Waals surface area contributed by atoms with E-state index in [1.54, 1.807) is 11.5 Å². The fraction of sp³-hybridized carbons (Fsp3) is 0.478. The van der Waals surface area contributed by atoms with Crippen LogP contribution in [0.2, 0.25) is 5.28 Å². The normalized spacial score (nSPS) is 19.8. The molecule has 3 N–H and O–H groups in total. The van der Waals surface area contributed by atoms with E-state index >= 15 is 0 Å². The summed E-state index contributed by atoms with van der Waals surface area (Å²) < 4.78 is 18.2. The molecule has 1 saturated heterocycles. The number of fused-ring (bicyclic) bond motifs is 1. The van der Waals surface area contributed by atoms with Gasteiger partial charge in [-0.25, -0.2) is 14.6 Å². The number of terminal acetylenes is 1. The number of aliphatic carboxylic acids is 2. The second-order valence-corrected chi connectivity index (χ2v) is 9.29. The molecule has 0 amide bonds. The summed E-state index contributed by atoms with van der Waals surface area (Å²) in [5, 5.41) is 26.5. The van der Waals surface area contributed by atoms with Crippen LogP contribution in [0.4, 0.5) is 5.82 Å². The number of carboxylic acid groups (broad SMARTS) is 2. The molecular formula is C23H25ClN6O7. The fourth-order valence-electron chi connectivity index (χ4n) is 4.10. The number of rotatable bonds is 10. The zero-order chi connectivity index (χ0) is 26.9. The topological polar surface area (TPSA) is 175 Å². The van der Waals surface area contributed by atoms with Gasteiger partial charge in [-0.15, -0.1) is 12.3 Å². The number of anilines is 1. The van der Waals surface area contributed by atoms with E-state index < -0.39 is 48.8 Å². The van der Waals surface area contributed by atoms with Gasteiger partial charge >= 0.3 is 11.9 Å². The Kier molecular flexibility index (Phi) is 7.35. The molecular weight excluding hydrogens is 508 g/mol. The molecule has 4 rings (SSSR count). The van der Waals surface area contributed by atoms with E-state index in [1.807, 2.05) is 13.8 Å². The number of carbonyl (C=O) groups is 2. The van der Waals surface area contributed by atoms with Crippen LogP contribution in [0, 0.1) is 25.2 Å². The van der Waals surface area contributed by atoms with Crippen LogP contribution in [0.1, 0.15) is 38.0 Å². The summed E-state index contributed by atoms with van der Waals surface area (Å²) >= 11 is 6.14. The van der Waals surface area contributed by atoms with Gasteiger partial charge in [-0.2, -0.15) is 9.97 Å². The van der Waals surface area contributed by atoms with Crippen molar-refractivity contribution in [1.29, 1.82) is 0 Å². The van der Waals surface area contributed by atoms with Crippen molar-refractivity contribution in [3.63, 3.8) is 0 Å². The maximum absolute atomic E-state index is 12.1. The van der Waals surface area contributed by atoms with Crippen LogP contribution in [-0.2, 0) is 25.5 Å². The van der Waals surface area contributed by atoms with Gasteiger partial charge in [0.2, 0.25) is 5.28 Å². The Morgan fingerprint density at radius 2 is 2.11 bits per heavy atom. The largest absolute Gasteiger partial charge is 0.479 e. The summed E-state index contributed by atoms with van der Waals surface area (Å²) in [6, 6.07) is 1.51. The monoisotopic (exact) mass is 532 g/mol. The Bertz CT molecular complexity index is 1350. The molecule has 0 saturated carbocycles. The lowest BCUT2D eigenvalue weighted by Gasteiger charge is -2.26. The second kappa shape index (κ2) is 10.3. The first-order chi connectivity index (χ1) is 17.5. The Balaban J connectivity index is 1.57. The van der Waals surface area contributed by atoms with E-state index in [4.69, 9.17) is 32.0 Å². The van der Waals surface area contributed by atoms with E-state index in [0.29, 0.717) is 29.2 Å². The molecule has 1 aliphatic rings. The SMILES string of the molecule is C#CC1CC(n2cnc3c(NC(C)C)nc(Cl)nc32)OC1COC(Cc1cc(C)on1)(C(=O)O)C(=O)O. The van der Waals surface area contributed by atoms with Crippen molar-refractivity contribution in [2.24, 2.45) is 5.92 Å². The zero-order valence-electron chi connectivity index (χ0n) is 20.2. The van der Waals surface area contributed by atoms with Gasteiger partial charge < -0.3 is 29.5 Å². The first kappa shape index (κ1) is 26.3. The highest BCUT2D eigenvalue weighted by atomic mass is 35.5. The molecule has 3 atom stereocenters. The highest BCUT2D eigenvalue weighted by Crippen LogP contribution is 2.36. The van der Waals surface area contributed by atoms with Crippen LogP contribution < -0.4 is 5.32 Å². The van der Waals surface area contributed by atoms with Crippen LogP contribution in [-0.4, -0.2) is 71.2 Å². The van der Waals surface area contributed by atoms with Gasteiger partial charge in [-0.3, -0.25) is 4.57 Å². The summed E-state index contributed by atoms with van der Waals surface area (Å²) in [5.41, 5.74) is -1.60. The van der Waals surface area contributed by atoms with E-state index in [0.717, 1.165) is 0 Å². The number of imidazole rings is 1. The average molecular weight is 533 g/mol. The quantitative estimate of drug-likeness (QED) is 0.197. The van der Waals surface area contributed by atoms with Gasteiger partial charge in [0.05, 0.1) is 30.7 Å². The lowest BCUT2D eigenvalue weighted by atomic mass is 9.96. The predicted octanol–water partition coefficient (Wildman–Crippen LogP) is 2.30. The number of aromatic nitrogens is 5. The maximum atomic E-state index is 12.1. The Morgan fingerprint density at radius 1 is 1.38 bits per heavy atom. The number of aryl methyl sites for hydroxylation is 1. The maximum Gasteiger partial charge on any atom is 0.348 e. The van der Waals surface area contributed by atoms with Gasteiger partial charge in [0.25, 0.3) is 5.60 Å². The number of nitrogens with zero attached hydrogens (tertiary/aromatic N) is 5. The number of carboxylic acids is 2. The highest BCUT2D eigenvalue weighted by molar-refractivity contribution is 6.28. The lowest BCUT2D eigenvalue weighted by molar-refractivity contribution is -0.188. The van der Waals surface area contributed by atoms with E-state index in [2.05, 4.69) is 31.3 Å². The lowest BCUT2D eigenvalue weighted by Crippen LogP contribution is -2.52. The standard InChI is InChI=1S/C23H25ClN6O7/c1-5-13-7-16(30-10-25-17-18(26-11(2)3)27-22(24)28-19(17)30)36-15(13)9-35-23(20(31)32,21(33)34)8-14-6-12(4)37-29-14/h1,6,10-11,13,15-16H,7-9H2,2-4H3,(H,31,32)(H,33,34)(H,26,27,28). The minimum absolute atomic E-state index is 0.0135. The van der Waals surface area contributed by atoms with Crippen molar-refractivity contribution in [3.8, 4) is 12.3 Å². The average Bonchev–Trinajstić information content (AvgIpc) is 3.53. The summed E-state index contributed by atoms with van der Waals surface area (Å²) in [6.45, 7) is 5.09. The molecule has 14 heteroatoms. The number of hydrogen-bond acceptors (Lipinski definition) is 10.